The fourth-order valence-corrected chi connectivity index (χ4v) is 2.11. The molecule has 0 amide bonds. The second kappa shape index (κ2) is 5.70. The standard InChI is InChI=1S/C11H13N5O2S/c1-6-7(2)15-16-11(13-6)12-4-3-9-14-8(5-19-9)10(17)18/h5H,3-4H2,1-2H3,(H,17,18)(H,12,13,16). The molecule has 0 unspecified atom stereocenters. The minimum absolute atomic E-state index is 0.0871. The van der Waals surface area contributed by atoms with Crippen molar-refractivity contribution >= 4 is 23.3 Å². The Balaban J connectivity index is 1.88. The van der Waals surface area contributed by atoms with Crippen molar-refractivity contribution in [1.29, 1.82) is 0 Å². The molecule has 0 bridgehead atoms. The molecular weight excluding hydrogens is 266 g/mol. The second-order valence-corrected chi connectivity index (χ2v) is 4.86. The first-order chi connectivity index (χ1) is 9.06. The van der Waals surface area contributed by atoms with Crippen molar-refractivity contribution in [2.24, 2.45) is 0 Å². The van der Waals surface area contributed by atoms with E-state index in [4.69, 9.17) is 5.11 Å². The van der Waals surface area contributed by atoms with E-state index in [1.54, 1.807) is 0 Å². The number of nitrogens with one attached hydrogen (secondary N) is 1. The van der Waals surface area contributed by atoms with Gasteiger partial charge >= 0.3 is 5.97 Å². The van der Waals surface area contributed by atoms with E-state index in [2.05, 4.69) is 25.5 Å². The van der Waals surface area contributed by atoms with Crippen LogP contribution in [-0.2, 0) is 6.42 Å². The maximum atomic E-state index is 10.7. The van der Waals surface area contributed by atoms with Crippen molar-refractivity contribution in [2.75, 3.05) is 11.9 Å². The molecule has 0 saturated heterocycles. The summed E-state index contributed by atoms with van der Waals surface area (Å²) >= 11 is 1.33. The number of carboxylic acids is 1. The van der Waals surface area contributed by atoms with Gasteiger partial charge in [0.25, 0.3) is 0 Å². The lowest BCUT2D eigenvalue weighted by molar-refractivity contribution is 0.0691. The minimum atomic E-state index is -1.00. The van der Waals surface area contributed by atoms with Crippen molar-refractivity contribution < 1.29 is 9.90 Å². The van der Waals surface area contributed by atoms with E-state index in [-0.39, 0.29) is 5.69 Å². The number of hydrogen-bond acceptors (Lipinski definition) is 7. The largest absolute Gasteiger partial charge is 0.476 e. The first-order valence-electron chi connectivity index (χ1n) is 5.65. The van der Waals surface area contributed by atoms with Crippen molar-refractivity contribution in [3.63, 3.8) is 0 Å². The molecule has 0 spiro atoms. The van der Waals surface area contributed by atoms with Crippen LogP contribution in [0.4, 0.5) is 5.95 Å². The van der Waals surface area contributed by atoms with Gasteiger partial charge in [-0.05, 0) is 13.8 Å². The van der Waals surface area contributed by atoms with Crippen molar-refractivity contribution in [2.45, 2.75) is 20.3 Å². The zero-order chi connectivity index (χ0) is 13.8. The van der Waals surface area contributed by atoms with Gasteiger partial charge in [0.05, 0.1) is 16.4 Å². The summed E-state index contributed by atoms with van der Waals surface area (Å²) < 4.78 is 0. The van der Waals surface area contributed by atoms with Crippen LogP contribution in [-0.4, -0.2) is 37.8 Å². The van der Waals surface area contributed by atoms with Gasteiger partial charge in [-0.2, -0.15) is 5.10 Å². The van der Waals surface area contributed by atoms with E-state index in [9.17, 15) is 4.79 Å². The van der Waals surface area contributed by atoms with Crippen LogP contribution in [0.3, 0.4) is 0 Å². The highest BCUT2D eigenvalue weighted by molar-refractivity contribution is 7.09. The quantitative estimate of drug-likeness (QED) is 0.850. The summed E-state index contributed by atoms with van der Waals surface area (Å²) in [5.74, 6) is -0.532. The molecule has 2 rings (SSSR count). The fraction of sp³-hybridized carbons (Fsp3) is 0.364. The number of aromatic nitrogens is 4. The molecule has 2 N–H and O–H groups in total. The fourth-order valence-electron chi connectivity index (χ4n) is 1.34. The molecule has 19 heavy (non-hydrogen) atoms. The SMILES string of the molecule is Cc1nnc(NCCc2nc(C(=O)O)cs2)nc1C. The van der Waals surface area contributed by atoms with Crippen molar-refractivity contribution in [3.8, 4) is 0 Å². The number of aryl methyl sites for hydroxylation is 2. The Morgan fingerprint density at radius 3 is 2.74 bits per heavy atom. The zero-order valence-electron chi connectivity index (χ0n) is 10.5. The Hall–Kier alpha value is -2.09. The highest BCUT2D eigenvalue weighted by Gasteiger charge is 2.08. The zero-order valence-corrected chi connectivity index (χ0v) is 11.4. The topological polar surface area (TPSA) is 101 Å². The summed E-state index contributed by atoms with van der Waals surface area (Å²) in [6.07, 6.45) is 0.619. The van der Waals surface area contributed by atoms with E-state index in [0.717, 1.165) is 16.4 Å². The monoisotopic (exact) mass is 279 g/mol. The summed E-state index contributed by atoms with van der Waals surface area (Å²) in [4.78, 5) is 18.9. The second-order valence-electron chi connectivity index (χ2n) is 3.91. The molecule has 100 valence electrons. The Bertz CT molecular complexity index is 599. The molecule has 0 aliphatic carbocycles. The van der Waals surface area contributed by atoms with E-state index in [1.807, 2.05) is 13.8 Å². The van der Waals surface area contributed by atoms with Gasteiger partial charge in [0.1, 0.15) is 0 Å². The lowest BCUT2D eigenvalue weighted by atomic mass is 10.4. The molecule has 2 aromatic rings. The smallest absolute Gasteiger partial charge is 0.355 e. The van der Waals surface area contributed by atoms with Crippen molar-refractivity contribution in [3.05, 3.63) is 27.5 Å². The number of carbonyl (C=O) groups is 1. The number of anilines is 1. The predicted octanol–water partition coefficient (Wildman–Crippen LogP) is 1.30. The van der Waals surface area contributed by atoms with Crippen LogP contribution in [0.25, 0.3) is 0 Å². The lowest BCUT2D eigenvalue weighted by Gasteiger charge is -2.04. The molecule has 0 aliphatic heterocycles. The van der Waals surface area contributed by atoms with Gasteiger partial charge in [-0.15, -0.1) is 16.4 Å². The molecule has 0 aromatic carbocycles. The Kier molecular flexibility index (Phi) is 4.00. The third-order valence-corrected chi connectivity index (χ3v) is 3.39. The van der Waals surface area contributed by atoms with Crippen LogP contribution < -0.4 is 5.32 Å². The molecule has 0 radical (unpaired) electrons. The Labute approximate surface area is 113 Å². The van der Waals surface area contributed by atoms with Gasteiger partial charge in [-0.25, -0.2) is 14.8 Å². The van der Waals surface area contributed by atoms with E-state index < -0.39 is 5.97 Å². The summed E-state index contributed by atoms with van der Waals surface area (Å²) in [5, 5.41) is 22.0. The minimum Gasteiger partial charge on any atom is -0.476 e. The molecule has 7 nitrogen and oxygen atoms in total. The van der Waals surface area contributed by atoms with Crippen LogP contribution in [0.15, 0.2) is 5.38 Å². The maximum Gasteiger partial charge on any atom is 0.355 e. The van der Waals surface area contributed by atoms with Crippen molar-refractivity contribution in [1.82, 2.24) is 20.2 Å². The predicted molar refractivity (Wildman–Crippen MR) is 70.6 cm³/mol. The normalized spacial score (nSPS) is 10.4. The molecular formula is C11H13N5O2S. The van der Waals surface area contributed by atoms with Gasteiger partial charge in [0, 0.05) is 18.3 Å². The first kappa shape index (κ1) is 13.3. The van der Waals surface area contributed by atoms with Crippen LogP contribution >= 0.6 is 11.3 Å². The molecule has 0 saturated carbocycles. The average molecular weight is 279 g/mol. The van der Waals surface area contributed by atoms with E-state index in [0.29, 0.717) is 18.9 Å². The molecule has 2 aromatic heterocycles. The van der Waals surface area contributed by atoms with Gasteiger partial charge in [-0.1, -0.05) is 0 Å². The number of aromatic carboxylic acids is 1. The highest BCUT2D eigenvalue weighted by Crippen LogP contribution is 2.10. The number of rotatable bonds is 5. The molecule has 2 heterocycles. The third kappa shape index (κ3) is 3.44. The summed E-state index contributed by atoms with van der Waals surface area (Å²) in [7, 11) is 0. The van der Waals surface area contributed by atoms with Gasteiger partial charge in [0.2, 0.25) is 5.95 Å². The maximum absolute atomic E-state index is 10.7. The molecule has 0 fully saturated rings. The van der Waals surface area contributed by atoms with E-state index in [1.165, 1.54) is 16.7 Å². The number of nitrogens with zero attached hydrogens (tertiary/aromatic N) is 4. The van der Waals surface area contributed by atoms with Crippen LogP contribution in [0.1, 0.15) is 26.9 Å². The molecule has 0 aliphatic rings. The van der Waals surface area contributed by atoms with Gasteiger partial charge in [-0.3, -0.25) is 0 Å². The number of thiazole rings is 1. The average Bonchev–Trinajstić information content (AvgIpc) is 2.83. The van der Waals surface area contributed by atoms with Gasteiger partial charge in [0.15, 0.2) is 5.69 Å². The summed E-state index contributed by atoms with van der Waals surface area (Å²) in [6.45, 7) is 4.30. The summed E-state index contributed by atoms with van der Waals surface area (Å²) in [5.41, 5.74) is 1.72. The summed E-state index contributed by atoms with van der Waals surface area (Å²) in [6, 6.07) is 0. The highest BCUT2D eigenvalue weighted by atomic mass is 32.1. The van der Waals surface area contributed by atoms with Gasteiger partial charge < -0.3 is 10.4 Å². The van der Waals surface area contributed by atoms with Crippen LogP contribution in [0.5, 0.6) is 0 Å². The van der Waals surface area contributed by atoms with Crippen LogP contribution in [0, 0.1) is 13.8 Å². The number of carboxylic acid groups (broad SMARTS) is 1. The lowest BCUT2D eigenvalue weighted by Crippen LogP contribution is -2.10. The Morgan fingerprint density at radius 1 is 1.32 bits per heavy atom. The number of hydrogen-bond donors (Lipinski definition) is 2. The third-order valence-electron chi connectivity index (χ3n) is 2.48. The van der Waals surface area contributed by atoms with Crippen LogP contribution in [0.2, 0.25) is 0 Å². The van der Waals surface area contributed by atoms with E-state index >= 15 is 0 Å². The molecule has 8 heteroatoms. The Morgan fingerprint density at radius 2 is 2.11 bits per heavy atom. The molecule has 0 atom stereocenters. The first-order valence-corrected chi connectivity index (χ1v) is 6.53.